The van der Waals surface area contributed by atoms with Crippen LogP contribution in [0.3, 0.4) is 0 Å². The molecule has 1 unspecified atom stereocenters. The first-order chi connectivity index (χ1) is 12.6. The summed E-state index contributed by atoms with van der Waals surface area (Å²) in [7, 11) is 0. The molecule has 0 amide bonds. The van der Waals surface area contributed by atoms with E-state index in [2.05, 4.69) is 0 Å². The Morgan fingerprint density at radius 2 is 1.77 bits per heavy atom. The van der Waals surface area contributed by atoms with Crippen molar-refractivity contribution in [2.75, 3.05) is 6.61 Å². The van der Waals surface area contributed by atoms with Gasteiger partial charge in [-0.15, -0.1) is 0 Å². The minimum atomic E-state index is -1.05. The van der Waals surface area contributed by atoms with Gasteiger partial charge in [0.25, 0.3) is 0 Å². The molecule has 0 saturated heterocycles. The molecule has 5 heteroatoms. The first-order valence-corrected chi connectivity index (χ1v) is 8.52. The third kappa shape index (κ3) is 5.84. The Morgan fingerprint density at radius 3 is 2.46 bits per heavy atom. The van der Waals surface area contributed by atoms with Gasteiger partial charge in [-0.1, -0.05) is 42.5 Å². The highest BCUT2D eigenvalue weighted by Gasteiger charge is 2.27. The van der Waals surface area contributed by atoms with Gasteiger partial charge < -0.3 is 14.3 Å². The first kappa shape index (κ1) is 19.4. The monoisotopic (exact) mass is 354 g/mol. The highest BCUT2D eigenvalue weighted by molar-refractivity contribution is 6.01. The largest absolute Gasteiger partial charge is 0.489 e. The molecule has 0 aromatic heterocycles. The minimum absolute atomic E-state index is 0.0415. The maximum atomic E-state index is 12.4. The second-order valence-electron chi connectivity index (χ2n) is 5.77. The van der Waals surface area contributed by atoms with E-state index in [-0.39, 0.29) is 25.2 Å². The summed E-state index contributed by atoms with van der Waals surface area (Å²) in [6.45, 7) is 2.26. The van der Waals surface area contributed by atoms with Gasteiger partial charge in [-0.05, 0) is 30.2 Å². The van der Waals surface area contributed by atoms with Crippen LogP contribution in [0, 0.1) is 5.92 Å². The highest BCUT2D eigenvalue weighted by atomic mass is 16.5. The van der Waals surface area contributed by atoms with Gasteiger partial charge in [0, 0.05) is 12.8 Å². The fourth-order valence-corrected chi connectivity index (χ4v) is 2.51. The van der Waals surface area contributed by atoms with Crippen LogP contribution in [0.1, 0.15) is 24.5 Å². The highest BCUT2D eigenvalue weighted by Crippen LogP contribution is 2.18. The molecule has 136 valence electrons. The van der Waals surface area contributed by atoms with Crippen LogP contribution in [-0.4, -0.2) is 24.6 Å². The molecule has 0 spiro atoms. The molecule has 0 aliphatic rings. The van der Waals surface area contributed by atoms with E-state index in [1.807, 2.05) is 36.4 Å². The topological polar surface area (TPSA) is 69.7 Å². The van der Waals surface area contributed by atoms with E-state index < -0.39 is 11.9 Å². The second-order valence-corrected chi connectivity index (χ2v) is 5.77. The fraction of sp³-hybridized carbons (Fsp3) is 0.286. The van der Waals surface area contributed by atoms with Gasteiger partial charge in [0.1, 0.15) is 24.6 Å². The Balaban J connectivity index is 2.00. The molecule has 0 fully saturated rings. The molecule has 2 aromatic carbocycles. The lowest BCUT2D eigenvalue weighted by Crippen LogP contribution is -2.28. The molecule has 0 heterocycles. The standard InChI is InChI=1S/C21H22O5/c1-2-25-21(24)19(11-12-22)20(23)14-17-9-6-10-18(13-17)26-15-16-7-4-3-5-8-16/h3-10,12-13,19H,2,11,14-15H2,1H3. The maximum Gasteiger partial charge on any atom is 0.316 e. The summed E-state index contributed by atoms with van der Waals surface area (Å²) in [5, 5.41) is 0. The van der Waals surface area contributed by atoms with Crippen LogP contribution in [0.25, 0.3) is 0 Å². The predicted molar refractivity (Wildman–Crippen MR) is 96.7 cm³/mol. The smallest absolute Gasteiger partial charge is 0.316 e. The van der Waals surface area contributed by atoms with E-state index in [1.54, 1.807) is 25.1 Å². The zero-order chi connectivity index (χ0) is 18.8. The second kappa shape index (κ2) is 10.1. The number of hydrogen-bond donors (Lipinski definition) is 0. The van der Waals surface area contributed by atoms with E-state index in [9.17, 15) is 14.4 Å². The summed E-state index contributed by atoms with van der Waals surface area (Å²) >= 11 is 0. The number of benzene rings is 2. The Bertz CT molecular complexity index is 739. The van der Waals surface area contributed by atoms with Crippen molar-refractivity contribution in [1.29, 1.82) is 0 Å². The molecule has 0 N–H and O–H groups in total. The van der Waals surface area contributed by atoms with E-state index in [0.29, 0.717) is 18.6 Å². The van der Waals surface area contributed by atoms with Crippen molar-refractivity contribution in [1.82, 2.24) is 0 Å². The Labute approximate surface area is 152 Å². The number of ketones is 1. The van der Waals surface area contributed by atoms with Crippen molar-refractivity contribution in [2.24, 2.45) is 5.92 Å². The molecule has 0 aliphatic heterocycles. The molecule has 0 saturated carbocycles. The molecular formula is C21H22O5. The molecule has 0 bridgehead atoms. The molecule has 2 aromatic rings. The third-order valence-corrected chi connectivity index (χ3v) is 3.82. The minimum Gasteiger partial charge on any atom is -0.489 e. The van der Waals surface area contributed by atoms with Gasteiger partial charge in [-0.25, -0.2) is 0 Å². The molecule has 5 nitrogen and oxygen atoms in total. The lowest BCUT2D eigenvalue weighted by atomic mass is 9.95. The van der Waals surface area contributed by atoms with Gasteiger partial charge in [-0.2, -0.15) is 0 Å². The van der Waals surface area contributed by atoms with Crippen LogP contribution in [0.5, 0.6) is 5.75 Å². The SMILES string of the molecule is CCOC(=O)C(CC=O)C(=O)Cc1cccc(OCc2ccccc2)c1. The summed E-state index contributed by atoms with van der Waals surface area (Å²) in [5.41, 5.74) is 1.77. The van der Waals surface area contributed by atoms with Gasteiger partial charge >= 0.3 is 5.97 Å². The number of hydrogen-bond acceptors (Lipinski definition) is 5. The summed E-state index contributed by atoms with van der Waals surface area (Å²) in [6, 6.07) is 16.9. The van der Waals surface area contributed by atoms with Crippen LogP contribution in [-0.2, 0) is 32.1 Å². The van der Waals surface area contributed by atoms with E-state index >= 15 is 0 Å². The molecule has 2 rings (SSSR count). The van der Waals surface area contributed by atoms with Crippen molar-refractivity contribution in [3.63, 3.8) is 0 Å². The zero-order valence-electron chi connectivity index (χ0n) is 14.7. The van der Waals surface area contributed by atoms with Gasteiger partial charge in [0.05, 0.1) is 6.61 Å². The summed E-state index contributed by atoms with van der Waals surface area (Å²) in [5.74, 6) is -1.40. The molecule has 0 radical (unpaired) electrons. The van der Waals surface area contributed by atoms with Crippen molar-refractivity contribution >= 4 is 18.0 Å². The van der Waals surface area contributed by atoms with Crippen LogP contribution < -0.4 is 4.74 Å². The molecule has 1 atom stereocenters. The average Bonchev–Trinajstić information content (AvgIpc) is 2.65. The fourth-order valence-electron chi connectivity index (χ4n) is 2.51. The van der Waals surface area contributed by atoms with Crippen molar-refractivity contribution in [2.45, 2.75) is 26.4 Å². The predicted octanol–water partition coefficient (Wildman–Crippen LogP) is 3.15. The number of carbonyl (C=O) groups excluding carboxylic acids is 3. The third-order valence-electron chi connectivity index (χ3n) is 3.82. The van der Waals surface area contributed by atoms with Gasteiger partial charge in [-0.3, -0.25) is 9.59 Å². The lowest BCUT2D eigenvalue weighted by Gasteiger charge is -2.12. The number of ether oxygens (including phenoxy) is 2. The van der Waals surface area contributed by atoms with Crippen LogP contribution in [0.2, 0.25) is 0 Å². The molecular weight excluding hydrogens is 332 g/mol. The summed E-state index contributed by atoms with van der Waals surface area (Å²) < 4.78 is 10.6. The number of carbonyl (C=O) groups is 3. The Morgan fingerprint density at radius 1 is 1.04 bits per heavy atom. The van der Waals surface area contributed by atoms with Crippen molar-refractivity contribution in [3.05, 3.63) is 65.7 Å². The maximum absolute atomic E-state index is 12.4. The van der Waals surface area contributed by atoms with Crippen molar-refractivity contribution < 1.29 is 23.9 Å². The van der Waals surface area contributed by atoms with Gasteiger partial charge in [0.2, 0.25) is 0 Å². The van der Waals surface area contributed by atoms with Crippen LogP contribution >= 0.6 is 0 Å². The van der Waals surface area contributed by atoms with E-state index in [4.69, 9.17) is 9.47 Å². The van der Waals surface area contributed by atoms with Crippen LogP contribution in [0.15, 0.2) is 54.6 Å². The van der Waals surface area contributed by atoms with E-state index in [1.165, 1.54) is 0 Å². The van der Waals surface area contributed by atoms with Gasteiger partial charge in [0.15, 0.2) is 5.78 Å². The van der Waals surface area contributed by atoms with E-state index in [0.717, 1.165) is 11.1 Å². The number of Topliss-reactive ketones (excluding diaryl/α,β-unsaturated/α-hetero) is 1. The normalized spacial score (nSPS) is 11.4. The molecule has 26 heavy (non-hydrogen) atoms. The number of aldehydes is 1. The molecule has 0 aliphatic carbocycles. The van der Waals surface area contributed by atoms with Crippen LogP contribution in [0.4, 0.5) is 0 Å². The summed E-state index contributed by atoms with van der Waals surface area (Å²) in [6.07, 6.45) is 0.445. The number of rotatable bonds is 10. The zero-order valence-corrected chi connectivity index (χ0v) is 14.7. The average molecular weight is 354 g/mol. The lowest BCUT2D eigenvalue weighted by molar-refractivity contribution is -0.152. The Kier molecular flexibility index (Phi) is 7.55. The van der Waals surface area contributed by atoms with Crippen molar-refractivity contribution in [3.8, 4) is 5.75 Å². The summed E-state index contributed by atoms with van der Waals surface area (Å²) in [4.78, 5) is 35.0. The number of esters is 1. The Hall–Kier alpha value is -2.95. The first-order valence-electron chi connectivity index (χ1n) is 8.52. The quantitative estimate of drug-likeness (QED) is 0.372.